The van der Waals surface area contributed by atoms with Crippen LogP contribution in [0, 0.1) is 6.92 Å². The Hall–Kier alpha value is -1.76. The van der Waals surface area contributed by atoms with Crippen molar-refractivity contribution < 1.29 is 5.11 Å². The van der Waals surface area contributed by atoms with Gasteiger partial charge in [-0.05, 0) is 32.5 Å². The van der Waals surface area contributed by atoms with Crippen LogP contribution >= 0.6 is 0 Å². The fourth-order valence-electron chi connectivity index (χ4n) is 3.74. The first kappa shape index (κ1) is 19.0. The van der Waals surface area contributed by atoms with E-state index >= 15 is 0 Å². The molecule has 1 fully saturated rings. The molecule has 6 nitrogen and oxygen atoms in total. The predicted molar refractivity (Wildman–Crippen MR) is 103 cm³/mol. The number of aromatic amines is 1. The summed E-state index contributed by atoms with van der Waals surface area (Å²) in [5, 5.41) is 10.7. The summed E-state index contributed by atoms with van der Waals surface area (Å²) in [4.78, 5) is 17.0. The highest BCUT2D eigenvalue weighted by Crippen LogP contribution is 2.19. The van der Waals surface area contributed by atoms with Crippen LogP contribution in [-0.4, -0.2) is 68.7 Å². The zero-order chi connectivity index (χ0) is 18.5. The molecule has 0 spiro atoms. The number of aryl methyl sites for hydroxylation is 2. The molecule has 0 amide bonds. The van der Waals surface area contributed by atoms with Crippen molar-refractivity contribution in [3.8, 4) is 0 Å². The number of piperidine rings is 1. The van der Waals surface area contributed by atoms with Gasteiger partial charge in [0.05, 0.1) is 11.8 Å². The molecular formula is C20H31N5O. The quantitative estimate of drug-likeness (QED) is 0.791. The molecule has 2 aromatic heterocycles. The highest BCUT2D eigenvalue weighted by molar-refractivity contribution is 5.13. The molecular weight excluding hydrogens is 326 g/mol. The van der Waals surface area contributed by atoms with Gasteiger partial charge in [-0.2, -0.15) is 0 Å². The predicted octanol–water partition coefficient (Wildman–Crippen LogP) is 1.79. The Morgan fingerprint density at radius 3 is 2.88 bits per heavy atom. The van der Waals surface area contributed by atoms with Gasteiger partial charge in [0, 0.05) is 62.6 Å². The lowest BCUT2D eigenvalue weighted by Gasteiger charge is -2.40. The van der Waals surface area contributed by atoms with Crippen LogP contribution in [0.5, 0.6) is 0 Å². The maximum absolute atomic E-state index is 10.7. The van der Waals surface area contributed by atoms with Crippen LogP contribution in [0.25, 0.3) is 0 Å². The first-order chi connectivity index (χ1) is 12.6. The largest absolute Gasteiger partial charge is 0.390 e. The summed E-state index contributed by atoms with van der Waals surface area (Å²) >= 11 is 0. The van der Waals surface area contributed by atoms with Crippen molar-refractivity contribution in [1.29, 1.82) is 0 Å². The Bertz CT molecular complexity index is 687. The highest BCUT2D eigenvalue weighted by atomic mass is 16.3. The minimum atomic E-state index is -0.331. The number of likely N-dealkylation sites (tertiary alicyclic amines) is 1. The fourth-order valence-corrected chi connectivity index (χ4v) is 3.74. The standard InChI is InChI=1S/C20H31N5O/c1-4-20-22-15(2)17(23-20)13-25-12-9-18(19(26)14-25)24(3)11-8-16-7-5-6-10-21-16/h5-7,10,18-19,26H,4,8-9,11-14H2,1-3H3,(H,22,23)/t18-,19-/m1/s1. The molecule has 0 unspecified atom stereocenters. The van der Waals surface area contributed by atoms with Crippen LogP contribution < -0.4 is 0 Å². The van der Waals surface area contributed by atoms with Gasteiger partial charge in [-0.3, -0.25) is 9.88 Å². The number of H-pyrrole nitrogens is 1. The minimum absolute atomic E-state index is 0.210. The number of β-amino-alcohol motifs (C(OH)–C–C–N with tert-alkyl or cyclic N) is 1. The lowest BCUT2D eigenvalue weighted by molar-refractivity contribution is -0.00656. The smallest absolute Gasteiger partial charge is 0.106 e. The van der Waals surface area contributed by atoms with Gasteiger partial charge in [-0.1, -0.05) is 13.0 Å². The van der Waals surface area contributed by atoms with Crippen molar-refractivity contribution in [2.45, 2.75) is 51.8 Å². The minimum Gasteiger partial charge on any atom is -0.390 e. The first-order valence-corrected chi connectivity index (χ1v) is 9.61. The number of pyridine rings is 1. The fraction of sp³-hybridized carbons (Fsp3) is 0.600. The molecule has 3 heterocycles. The highest BCUT2D eigenvalue weighted by Gasteiger charge is 2.30. The maximum Gasteiger partial charge on any atom is 0.106 e. The number of aliphatic hydroxyl groups is 1. The lowest BCUT2D eigenvalue weighted by atomic mass is 10.00. The molecule has 0 aliphatic carbocycles. The third-order valence-electron chi connectivity index (χ3n) is 5.39. The summed E-state index contributed by atoms with van der Waals surface area (Å²) in [5.74, 6) is 1.04. The van der Waals surface area contributed by atoms with Gasteiger partial charge in [-0.25, -0.2) is 4.98 Å². The van der Waals surface area contributed by atoms with E-state index in [0.717, 1.165) is 61.8 Å². The van der Waals surface area contributed by atoms with Gasteiger partial charge in [0.15, 0.2) is 0 Å². The number of aromatic nitrogens is 3. The zero-order valence-corrected chi connectivity index (χ0v) is 16.1. The van der Waals surface area contributed by atoms with E-state index in [2.05, 4.69) is 51.7 Å². The third kappa shape index (κ3) is 4.69. The molecule has 0 radical (unpaired) electrons. The summed E-state index contributed by atoms with van der Waals surface area (Å²) in [6.45, 7) is 7.60. The number of nitrogens with one attached hydrogen (secondary N) is 1. The summed E-state index contributed by atoms with van der Waals surface area (Å²) in [6, 6.07) is 6.23. The van der Waals surface area contributed by atoms with E-state index in [1.807, 2.05) is 18.3 Å². The van der Waals surface area contributed by atoms with E-state index < -0.39 is 0 Å². The van der Waals surface area contributed by atoms with Crippen LogP contribution in [0.1, 0.15) is 36.3 Å². The van der Waals surface area contributed by atoms with Gasteiger partial charge >= 0.3 is 0 Å². The molecule has 1 aliphatic rings. The second-order valence-electron chi connectivity index (χ2n) is 7.32. The van der Waals surface area contributed by atoms with E-state index in [1.54, 1.807) is 0 Å². The van der Waals surface area contributed by atoms with Crippen LogP contribution in [0.4, 0.5) is 0 Å². The number of aliphatic hydroxyl groups excluding tert-OH is 1. The molecule has 2 N–H and O–H groups in total. The molecule has 1 saturated heterocycles. The first-order valence-electron chi connectivity index (χ1n) is 9.61. The van der Waals surface area contributed by atoms with Gasteiger partial charge in [0.25, 0.3) is 0 Å². The van der Waals surface area contributed by atoms with Crippen LogP contribution in [0.15, 0.2) is 24.4 Å². The summed E-state index contributed by atoms with van der Waals surface area (Å²) in [5.41, 5.74) is 3.36. The zero-order valence-electron chi connectivity index (χ0n) is 16.1. The Labute approximate surface area is 156 Å². The lowest BCUT2D eigenvalue weighted by Crippen LogP contribution is -2.53. The second kappa shape index (κ2) is 8.75. The molecule has 2 aromatic rings. The number of hydrogen-bond acceptors (Lipinski definition) is 5. The average molecular weight is 358 g/mol. The number of hydrogen-bond donors (Lipinski definition) is 2. The van der Waals surface area contributed by atoms with Crippen molar-refractivity contribution >= 4 is 0 Å². The van der Waals surface area contributed by atoms with E-state index in [4.69, 9.17) is 0 Å². The molecule has 2 atom stereocenters. The molecule has 0 saturated carbocycles. The van der Waals surface area contributed by atoms with Crippen molar-refractivity contribution in [3.63, 3.8) is 0 Å². The number of rotatable bonds is 7. The number of likely N-dealkylation sites (N-methyl/N-ethyl adjacent to an activating group) is 1. The van der Waals surface area contributed by atoms with Gasteiger partial charge in [0.2, 0.25) is 0 Å². The number of nitrogens with zero attached hydrogens (tertiary/aromatic N) is 4. The Morgan fingerprint density at radius 2 is 2.23 bits per heavy atom. The second-order valence-corrected chi connectivity index (χ2v) is 7.32. The van der Waals surface area contributed by atoms with Gasteiger partial charge < -0.3 is 15.0 Å². The van der Waals surface area contributed by atoms with E-state index in [1.165, 1.54) is 0 Å². The summed E-state index contributed by atoms with van der Waals surface area (Å²) < 4.78 is 0. The van der Waals surface area contributed by atoms with Crippen molar-refractivity contribution in [3.05, 3.63) is 47.3 Å². The third-order valence-corrected chi connectivity index (χ3v) is 5.39. The normalized spacial score (nSPS) is 21.4. The summed E-state index contributed by atoms with van der Waals surface area (Å²) in [7, 11) is 2.11. The van der Waals surface area contributed by atoms with Crippen LogP contribution in [0.3, 0.4) is 0 Å². The molecule has 3 rings (SSSR count). The van der Waals surface area contributed by atoms with E-state index in [0.29, 0.717) is 6.54 Å². The molecule has 26 heavy (non-hydrogen) atoms. The SMILES string of the molecule is CCc1nc(CN2CC[C@@H](N(C)CCc3ccccn3)[C@H](O)C2)c(C)[nH]1. The van der Waals surface area contributed by atoms with Gasteiger partial charge in [0.1, 0.15) is 5.82 Å². The van der Waals surface area contributed by atoms with Crippen molar-refractivity contribution in [1.82, 2.24) is 24.8 Å². The maximum atomic E-state index is 10.7. The molecule has 6 heteroatoms. The monoisotopic (exact) mass is 357 g/mol. The summed E-state index contributed by atoms with van der Waals surface area (Å²) in [6.07, 6.45) is 4.32. The van der Waals surface area contributed by atoms with Crippen molar-refractivity contribution in [2.75, 3.05) is 26.7 Å². The molecule has 0 bridgehead atoms. The van der Waals surface area contributed by atoms with Crippen LogP contribution in [-0.2, 0) is 19.4 Å². The van der Waals surface area contributed by atoms with Crippen molar-refractivity contribution in [2.24, 2.45) is 0 Å². The Balaban J connectivity index is 1.50. The molecule has 1 aliphatic heterocycles. The molecule has 0 aromatic carbocycles. The average Bonchev–Trinajstić information content (AvgIpc) is 3.00. The van der Waals surface area contributed by atoms with E-state index in [-0.39, 0.29) is 12.1 Å². The Morgan fingerprint density at radius 1 is 1.38 bits per heavy atom. The van der Waals surface area contributed by atoms with Gasteiger partial charge in [-0.15, -0.1) is 0 Å². The topological polar surface area (TPSA) is 68.3 Å². The molecule has 142 valence electrons. The van der Waals surface area contributed by atoms with E-state index in [9.17, 15) is 5.11 Å². The number of imidazole rings is 1. The Kier molecular flexibility index (Phi) is 6.40. The van der Waals surface area contributed by atoms with Crippen LogP contribution in [0.2, 0.25) is 0 Å².